The highest BCUT2D eigenvalue weighted by molar-refractivity contribution is 7.10. The van der Waals surface area contributed by atoms with Gasteiger partial charge in [0.15, 0.2) is 0 Å². The van der Waals surface area contributed by atoms with Crippen LogP contribution in [0.1, 0.15) is 56.7 Å². The summed E-state index contributed by atoms with van der Waals surface area (Å²) >= 11 is 1.75. The summed E-state index contributed by atoms with van der Waals surface area (Å²) in [6.45, 7) is 5.28. The second kappa shape index (κ2) is 6.71. The lowest BCUT2D eigenvalue weighted by molar-refractivity contribution is -0.128. The second-order valence-electron chi connectivity index (χ2n) is 7.36. The first-order valence-electron chi connectivity index (χ1n) is 8.68. The molecule has 2 N–H and O–H groups in total. The molecule has 0 aromatic carbocycles. The van der Waals surface area contributed by atoms with E-state index < -0.39 is 0 Å². The zero-order valence-corrected chi connectivity index (χ0v) is 14.4. The van der Waals surface area contributed by atoms with Crippen molar-refractivity contribution in [2.24, 2.45) is 5.41 Å². The van der Waals surface area contributed by atoms with Gasteiger partial charge < -0.3 is 10.6 Å². The number of thiophene rings is 1. The molecule has 0 radical (unpaired) electrons. The Morgan fingerprint density at radius 3 is 2.59 bits per heavy atom. The monoisotopic (exact) mass is 320 g/mol. The summed E-state index contributed by atoms with van der Waals surface area (Å²) in [6, 6.07) is 4.24. The molecule has 1 saturated carbocycles. The van der Waals surface area contributed by atoms with E-state index in [1.807, 2.05) is 0 Å². The van der Waals surface area contributed by atoms with Gasteiger partial charge in [0.25, 0.3) is 0 Å². The van der Waals surface area contributed by atoms with E-state index in [1.54, 1.807) is 11.3 Å². The maximum atomic E-state index is 13.1. The molecule has 1 aromatic heterocycles. The standard InChI is InChI=1S/C18H28N2OS/c1-17(9-11-19-12-10-17)14-20-16(21)18(7-3-2-4-8-18)15-6-5-13-22-15/h5-6,13,19H,2-4,7-12,14H2,1H3,(H,20,21). The maximum absolute atomic E-state index is 13.1. The Morgan fingerprint density at radius 2 is 1.95 bits per heavy atom. The van der Waals surface area contributed by atoms with Gasteiger partial charge in [-0.15, -0.1) is 11.3 Å². The van der Waals surface area contributed by atoms with Crippen LogP contribution in [0.25, 0.3) is 0 Å². The van der Waals surface area contributed by atoms with Crippen molar-refractivity contribution in [3.8, 4) is 0 Å². The molecule has 3 rings (SSSR count). The third-order valence-electron chi connectivity index (χ3n) is 5.62. The molecule has 2 fully saturated rings. The number of nitrogens with one attached hydrogen (secondary N) is 2. The summed E-state index contributed by atoms with van der Waals surface area (Å²) in [4.78, 5) is 14.3. The molecule has 1 amide bonds. The van der Waals surface area contributed by atoms with Gasteiger partial charge in [0.05, 0.1) is 5.41 Å². The van der Waals surface area contributed by atoms with Gasteiger partial charge in [0.2, 0.25) is 5.91 Å². The number of hydrogen-bond acceptors (Lipinski definition) is 3. The minimum absolute atomic E-state index is 0.254. The van der Waals surface area contributed by atoms with E-state index in [-0.39, 0.29) is 16.7 Å². The fourth-order valence-electron chi connectivity index (χ4n) is 3.96. The molecule has 1 saturated heterocycles. The largest absolute Gasteiger partial charge is 0.355 e. The van der Waals surface area contributed by atoms with Crippen molar-refractivity contribution >= 4 is 17.2 Å². The molecule has 0 bridgehead atoms. The molecule has 122 valence electrons. The molecular formula is C18H28N2OS. The number of amides is 1. The van der Waals surface area contributed by atoms with Gasteiger partial charge in [0, 0.05) is 11.4 Å². The van der Waals surface area contributed by atoms with E-state index in [2.05, 4.69) is 35.1 Å². The lowest BCUT2D eigenvalue weighted by Gasteiger charge is -2.38. The Hall–Kier alpha value is -0.870. The molecule has 1 aliphatic heterocycles. The van der Waals surface area contributed by atoms with Crippen molar-refractivity contribution in [1.82, 2.24) is 10.6 Å². The van der Waals surface area contributed by atoms with Gasteiger partial charge in [-0.2, -0.15) is 0 Å². The van der Waals surface area contributed by atoms with Crippen molar-refractivity contribution in [2.75, 3.05) is 19.6 Å². The number of piperidine rings is 1. The zero-order chi connectivity index (χ0) is 15.5. The Morgan fingerprint density at radius 1 is 1.23 bits per heavy atom. The average Bonchev–Trinajstić information content (AvgIpc) is 3.09. The number of hydrogen-bond donors (Lipinski definition) is 2. The first kappa shape index (κ1) is 16.0. The predicted octanol–water partition coefficient (Wildman–Crippen LogP) is 3.46. The summed E-state index contributed by atoms with van der Waals surface area (Å²) in [7, 11) is 0. The predicted molar refractivity (Wildman–Crippen MR) is 92.3 cm³/mol. The molecule has 0 spiro atoms. The topological polar surface area (TPSA) is 41.1 Å². The fourth-order valence-corrected chi connectivity index (χ4v) is 4.94. The number of carbonyl (C=O) groups excluding carboxylic acids is 1. The molecule has 1 aliphatic carbocycles. The van der Waals surface area contributed by atoms with Crippen LogP contribution in [0.5, 0.6) is 0 Å². The van der Waals surface area contributed by atoms with Crippen LogP contribution in [0.2, 0.25) is 0 Å². The molecule has 2 heterocycles. The van der Waals surface area contributed by atoms with E-state index in [4.69, 9.17) is 0 Å². The van der Waals surface area contributed by atoms with Crippen LogP contribution in [0.4, 0.5) is 0 Å². The van der Waals surface area contributed by atoms with Crippen LogP contribution in [-0.2, 0) is 10.2 Å². The van der Waals surface area contributed by atoms with Gasteiger partial charge in [-0.3, -0.25) is 4.79 Å². The van der Waals surface area contributed by atoms with Gasteiger partial charge >= 0.3 is 0 Å². The summed E-state index contributed by atoms with van der Waals surface area (Å²) in [5.74, 6) is 0.273. The van der Waals surface area contributed by atoms with Crippen LogP contribution in [-0.4, -0.2) is 25.5 Å². The first-order valence-corrected chi connectivity index (χ1v) is 9.56. The highest BCUT2D eigenvalue weighted by atomic mass is 32.1. The molecule has 1 aromatic rings. The molecule has 3 nitrogen and oxygen atoms in total. The third-order valence-corrected chi connectivity index (χ3v) is 6.69. The lowest BCUT2D eigenvalue weighted by Crippen LogP contribution is -2.49. The normalized spacial score (nSPS) is 23.9. The maximum Gasteiger partial charge on any atom is 0.231 e. The summed E-state index contributed by atoms with van der Waals surface area (Å²) in [5, 5.41) is 8.85. The lowest BCUT2D eigenvalue weighted by atomic mass is 9.72. The minimum Gasteiger partial charge on any atom is -0.355 e. The fraction of sp³-hybridized carbons (Fsp3) is 0.722. The van der Waals surface area contributed by atoms with Gasteiger partial charge in [-0.05, 0) is 55.6 Å². The third kappa shape index (κ3) is 3.23. The van der Waals surface area contributed by atoms with E-state index in [9.17, 15) is 4.79 Å². The van der Waals surface area contributed by atoms with Crippen molar-refractivity contribution in [1.29, 1.82) is 0 Å². The highest BCUT2D eigenvalue weighted by Crippen LogP contribution is 2.42. The van der Waals surface area contributed by atoms with Crippen LogP contribution in [0, 0.1) is 5.41 Å². The van der Waals surface area contributed by atoms with E-state index in [0.29, 0.717) is 0 Å². The van der Waals surface area contributed by atoms with Crippen molar-refractivity contribution in [2.45, 2.75) is 57.3 Å². The Kier molecular flexibility index (Phi) is 4.88. The second-order valence-corrected chi connectivity index (χ2v) is 8.31. The molecule has 2 aliphatic rings. The quantitative estimate of drug-likeness (QED) is 0.892. The Labute approximate surface area is 137 Å². The summed E-state index contributed by atoms with van der Waals surface area (Å²) < 4.78 is 0. The summed E-state index contributed by atoms with van der Waals surface area (Å²) in [5.41, 5.74) is 0.00189. The Balaban J connectivity index is 1.70. The van der Waals surface area contributed by atoms with Crippen molar-refractivity contribution in [3.63, 3.8) is 0 Å². The highest BCUT2D eigenvalue weighted by Gasteiger charge is 2.42. The van der Waals surface area contributed by atoms with E-state index >= 15 is 0 Å². The van der Waals surface area contributed by atoms with Crippen LogP contribution < -0.4 is 10.6 Å². The SMILES string of the molecule is CC1(CNC(=O)C2(c3cccs3)CCCCC2)CCNCC1. The molecular weight excluding hydrogens is 292 g/mol. The van der Waals surface area contributed by atoms with Crippen LogP contribution in [0.15, 0.2) is 17.5 Å². The molecule has 0 atom stereocenters. The number of rotatable bonds is 4. The smallest absolute Gasteiger partial charge is 0.231 e. The summed E-state index contributed by atoms with van der Waals surface area (Å²) in [6.07, 6.45) is 7.94. The molecule has 22 heavy (non-hydrogen) atoms. The van der Waals surface area contributed by atoms with Gasteiger partial charge in [-0.25, -0.2) is 0 Å². The minimum atomic E-state index is -0.254. The van der Waals surface area contributed by atoms with Crippen molar-refractivity contribution in [3.05, 3.63) is 22.4 Å². The van der Waals surface area contributed by atoms with E-state index in [0.717, 1.165) is 45.3 Å². The van der Waals surface area contributed by atoms with Crippen LogP contribution in [0.3, 0.4) is 0 Å². The van der Waals surface area contributed by atoms with Gasteiger partial charge in [0.1, 0.15) is 0 Å². The Bertz CT molecular complexity index is 485. The van der Waals surface area contributed by atoms with Gasteiger partial charge in [-0.1, -0.05) is 32.3 Å². The average molecular weight is 321 g/mol. The molecule has 0 unspecified atom stereocenters. The zero-order valence-electron chi connectivity index (χ0n) is 13.6. The number of carbonyl (C=O) groups is 1. The van der Waals surface area contributed by atoms with E-state index in [1.165, 1.54) is 24.1 Å². The van der Waals surface area contributed by atoms with Crippen LogP contribution >= 0.6 is 11.3 Å². The first-order chi connectivity index (χ1) is 10.6. The molecule has 4 heteroatoms. The van der Waals surface area contributed by atoms with Crippen molar-refractivity contribution < 1.29 is 4.79 Å².